The van der Waals surface area contributed by atoms with Crippen LogP contribution in [0.25, 0.3) is 5.76 Å². The van der Waals surface area contributed by atoms with Crippen LogP contribution in [-0.4, -0.2) is 49.0 Å². The van der Waals surface area contributed by atoms with Crippen molar-refractivity contribution in [2.24, 2.45) is 0 Å². The predicted molar refractivity (Wildman–Crippen MR) is 101 cm³/mol. The fourth-order valence-corrected chi connectivity index (χ4v) is 3.14. The van der Waals surface area contributed by atoms with E-state index in [2.05, 4.69) is 6.92 Å². The number of methoxy groups -OCH3 is 2. The first-order chi connectivity index (χ1) is 12.6. The zero-order valence-corrected chi connectivity index (χ0v) is 16.1. The van der Waals surface area contributed by atoms with Gasteiger partial charge in [-0.05, 0) is 25.5 Å². The van der Waals surface area contributed by atoms with Gasteiger partial charge in [0, 0.05) is 13.1 Å². The zero-order chi connectivity index (χ0) is 19.1. The van der Waals surface area contributed by atoms with Crippen LogP contribution in [0.4, 0.5) is 4.79 Å². The third-order valence-electron chi connectivity index (χ3n) is 4.50. The highest BCUT2D eigenvalue weighted by atomic mass is 16.5. The number of rotatable bonds is 9. The van der Waals surface area contributed by atoms with Crippen LogP contribution in [0.15, 0.2) is 30.0 Å². The van der Waals surface area contributed by atoms with E-state index in [9.17, 15) is 9.59 Å². The lowest BCUT2D eigenvalue weighted by atomic mass is 10.1. The molecule has 142 valence electrons. The average molecular weight is 360 g/mol. The van der Waals surface area contributed by atoms with Crippen LogP contribution in [0, 0.1) is 0 Å². The van der Waals surface area contributed by atoms with E-state index < -0.39 is 0 Å². The van der Waals surface area contributed by atoms with Crippen LogP contribution >= 0.6 is 0 Å². The van der Waals surface area contributed by atoms with Gasteiger partial charge in [0.05, 0.1) is 19.8 Å². The van der Waals surface area contributed by atoms with Crippen LogP contribution in [0.5, 0.6) is 5.75 Å². The summed E-state index contributed by atoms with van der Waals surface area (Å²) in [5.41, 5.74) is 0.930. The van der Waals surface area contributed by atoms with Gasteiger partial charge in [-0.15, -0.1) is 0 Å². The molecule has 1 heterocycles. The van der Waals surface area contributed by atoms with Gasteiger partial charge in [0.15, 0.2) is 11.5 Å². The van der Waals surface area contributed by atoms with Crippen molar-refractivity contribution in [2.75, 3.05) is 27.3 Å². The Kier molecular flexibility index (Phi) is 7.06. The van der Waals surface area contributed by atoms with Gasteiger partial charge in [-0.2, -0.15) is 0 Å². The summed E-state index contributed by atoms with van der Waals surface area (Å²) in [6.07, 6.45) is 4.02. The summed E-state index contributed by atoms with van der Waals surface area (Å²) in [7, 11) is 3.07. The molecule has 0 atom stereocenters. The molecule has 1 aromatic carbocycles. The molecule has 1 fully saturated rings. The first kappa shape index (κ1) is 19.8. The van der Waals surface area contributed by atoms with Crippen molar-refractivity contribution < 1.29 is 19.1 Å². The number of likely N-dealkylation sites (N-methyl/N-ethyl adjacent to an activating group) is 1. The highest BCUT2D eigenvalue weighted by molar-refractivity contribution is 6.15. The van der Waals surface area contributed by atoms with Gasteiger partial charge < -0.3 is 9.47 Å². The molecule has 0 unspecified atom stereocenters. The standard InChI is InChI=1S/C20H28N2O4/c1-5-7-8-11-14-22-19(23)17(21(6-2)20(22)24)18(26-4)15-12-9-10-13-16(15)25-3/h9-10,12-13H,5-8,11,14H2,1-4H3. The van der Waals surface area contributed by atoms with Crippen molar-refractivity contribution in [2.45, 2.75) is 39.5 Å². The second-order valence-corrected chi connectivity index (χ2v) is 6.13. The number of benzene rings is 1. The van der Waals surface area contributed by atoms with E-state index in [4.69, 9.17) is 9.47 Å². The third-order valence-corrected chi connectivity index (χ3v) is 4.50. The van der Waals surface area contributed by atoms with Gasteiger partial charge >= 0.3 is 6.03 Å². The molecule has 26 heavy (non-hydrogen) atoms. The monoisotopic (exact) mass is 360 g/mol. The molecule has 1 saturated heterocycles. The Balaban J connectivity index is 2.42. The lowest BCUT2D eigenvalue weighted by Crippen LogP contribution is -2.33. The molecule has 0 aliphatic carbocycles. The van der Waals surface area contributed by atoms with Crippen molar-refractivity contribution in [1.29, 1.82) is 0 Å². The SMILES string of the molecule is CCCCCCN1C(=O)C(=C(OC)c2ccccc2OC)N(CC)C1=O. The smallest absolute Gasteiger partial charge is 0.331 e. The maximum atomic E-state index is 13.0. The number of amides is 3. The van der Waals surface area contributed by atoms with Crippen molar-refractivity contribution >= 4 is 17.7 Å². The van der Waals surface area contributed by atoms with E-state index in [-0.39, 0.29) is 17.6 Å². The molecular formula is C20H28N2O4. The molecule has 0 aromatic heterocycles. The molecule has 6 heteroatoms. The summed E-state index contributed by atoms with van der Waals surface area (Å²) in [6, 6.07) is 7.03. The second-order valence-electron chi connectivity index (χ2n) is 6.13. The van der Waals surface area contributed by atoms with Gasteiger partial charge in [0.25, 0.3) is 5.91 Å². The number of imide groups is 1. The van der Waals surface area contributed by atoms with E-state index in [1.807, 2.05) is 25.1 Å². The Morgan fingerprint density at radius 1 is 1.00 bits per heavy atom. The lowest BCUT2D eigenvalue weighted by Gasteiger charge is -2.18. The van der Waals surface area contributed by atoms with E-state index in [1.165, 1.54) is 16.9 Å². The van der Waals surface area contributed by atoms with E-state index in [0.29, 0.717) is 30.2 Å². The lowest BCUT2D eigenvalue weighted by molar-refractivity contribution is -0.123. The Morgan fingerprint density at radius 2 is 1.73 bits per heavy atom. The van der Waals surface area contributed by atoms with E-state index >= 15 is 0 Å². The molecule has 1 aliphatic rings. The minimum Gasteiger partial charge on any atom is -0.496 e. The maximum absolute atomic E-state index is 13.0. The van der Waals surface area contributed by atoms with Gasteiger partial charge in [-0.25, -0.2) is 4.79 Å². The highest BCUT2D eigenvalue weighted by Gasteiger charge is 2.42. The number of urea groups is 1. The van der Waals surface area contributed by atoms with Crippen LogP contribution in [-0.2, 0) is 9.53 Å². The molecular weight excluding hydrogens is 332 g/mol. The highest BCUT2D eigenvalue weighted by Crippen LogP contribution is 2.34. The molecule has 0 saturated carbocycles. The van der Waals surface area contributed by atoms with E-state index in [0.717, 1.165) is 25.7 Å². The summed E-state index contributed by atoms with van der Waals surface area (Å²) in [4.78, 5) is 28.5. The summed E-state index contributed by atoms with van der Waals surface area (Å²) >= 11 is 0. The quantitative estimate of drug-likeness (QED) is 0.290. The Hall–Kier alpha value is -2.50. The number of hydrogen-bond acceptors (Lipinski definition) is 4. The Bertz CT molecular complexity index is 684. The van der Waals surface area contributed by atoms with Crippen molar-refractivity contribution in [1.82, 2.24) is 9.80 Å². The minimum absolute atomic E-state index is 0.278. The van der Waals surface area contributed by atoms with Crippen molar-refractivity contribution in [3.8, 4) is 5.75 Å². The van der Waals surface area contributed by atoms with Crippen molar-refractivity contribution in [3.63, 3.8) is 0 Å². The topological polar surface area (TPSA) is 59.1 Å². The second kappa shape index (κ2) is 9.27. The Labute approximate surface area is 155 Å². The number of unbranched alkanes of at least 4 members (excludes halogenated alkanes) is 3. The molecule has 6 nitrogen and oxygen atoms in total. The summed E-state index contributed by atoms with van der Waals surface area (Å²) in [5, 5.41) is 0. The van der Waals surface area contributed by atoms with Crippen LogP contribution < -0.4 is 4.74 Å². The average Bonchev–Trinajstić information content (AvgIpc) is 2.90. The first-order valence-corrected chi connectivity index (χ1v) is 9.15. The first-order valence-electron chi connectivity index (χ1n) is 9.15. The number of nitrogens with zero attached hydrogens (tertiary/aromatic N) is 2. The molecule has 3 amide bonds. The van der Waals surface area contributed by atoms with Gasteiger partial charge in [-0.1, -0.05) is 38.3 Å². The van der Waals surface area contributed by atoms with Gasteiger partial charge in [0.1, 0.15) is 5.75 Å². The van der Waals surface area contributed by atoms with Crippen molar-refractivity contribution in [3.05, 3.63) is 35.5 Å². The Morgan fingerprint density at radius 3 is 2.35 bits per heavy atom. The summed E-state index contributed by atoms with van der Waals surface area (Å²) in [6.45, 7) is 4.80. The van der Waals surface area contributed by atoms with Gasteiger partial charge in [0.2, 0.25) is 0 Å². The molecule has 0 spiro atoms. The number of carbonyl (C=O) groups excluding carboxylic acids is 2. The molecule has 0 bridgehead atoms. The fraction of sp³-hybridized carbons (Fsp3) is 0.500. The van der Waals surface area contributed by atoms with Crippen LogP contribution in [0.2, 0.25) is 0 Å². The summed E-state index contributed by atoms with van der Waals surface area (Å²) < 4.78 is 11.0. The molecule has 1 aromatic rings. The molecule has 0 N–H and O–H groups in total. The molecule has 1 aliphatic heterocycles. The van der Waals surface area contributed by atoms with Crippen LogP contribution in [0.3, 0.4) is 0 Å². The normalized spacial score (nSPS) is 16.3. The number of ether oxygens (including phenoxy) is 2. The largest absolute Gasteiger partial charge is 0.496 e. The number of para-hydroxylation sites is 1. The fourth-order valence-electron chi connectivity index (χ4n) is 3.14. The van der Waals surface area contributed by atoms with Crippen LogP contribution in [0.1, 0.15) is 45.1 Å². The molecule has 2 rings (SSSR count). The van der Waals surface area contributed by atoms with E-state index in [1.54, 1.807) is 13.2 Å². The zero-order valence-electron chi connectivity index (χ0n) is 16.1. The minimum atomic E-state index is -0.309. The van der Waals surface area contributed by atoms with Gasteiger partial charge in [-0.3, -0.25) is 14.6 Å². The predicted octanol–water partition coefficient (Wildman–Crippen LogP) is 3.87. The third kappa shape index (κ3) is 3.84. The number of carbonyl (C=O) groups is 2. The number of hydrogen-bond donors (Lipinski definition) is 0. The maximum Gasteiger partial charge on any atom is 0.331 e. The molecule has 0 radical (unpaired) electrons. The summed E-state index contributed by atoms with van der Waals surface area (Å²) in [5.74, 6) is 0.643.